The van der Waals surface area contributed by atoms with Crippen molar-refractivity contribution in [2.75, 3.05) is 58.9 Å². The van der Waals surface area contributed by atoms with Crippen molar-refractivity contribution in [3.63, 3.8) is 0 Å². The number of likely N-dealkylation sites (tertiary alicyclic amines) is 1. The molecule has 148 valence electrons. The van der Waals surface area contributed by atoms with Crippen LogP contribution in [-0.2, 0) is 0 Å². The minimum atomic E-state index is 0.305. The van der Waals surface area contributed by atoms with E-state index in [4.69, 9.17) is 9.73 Å². The van der Waals surface area contributed by atoms with E-state index in [9.17, 15) is 0 Å². The third-order valence-electron chi connectivity index (χ3n) is 5.97. The average molecular weight is 372 g/mol. The lowest BCUT2D eigenvalue weighted by atomic mass is 10.1. The fourth-order valence-electron chi connectivity index (χ4n) is 4.39. The Bertz CT molecular complexity index is 606. The van der Waals surface area contributed by atoms with Gasteiger partial charge < -0.3 is 15.0 Å². The molecule has 4 saturated heterocycles. The minimum absolute atomic E-state index is 0.305. The van der Waals surface area contributed by atoms with E-state index in [-0.39, 0.29) is 0 Å². The Kier molecular flexibility index (Phi) is 6.14. The van der Waals surface area contributed by atoms with E-state index in [0.29, 0.717) is 12.1 Å². The molecule has 6 heteroatoms. The molecular formula is C21H33N5O. The van der Waals surface area contributed by atoms with E-state index >= 15 is 0 Å². The van der Waals surface area contributed by atoms with Crippen LogP contribution in [0.4, 0.5) is 0 Å². The molecule has 1 unspecified atom stereocenters. The van der Waals surface area contributed by atoms with E-state index in [2.05, 4.69) is 26.9 Å². The maximum Gasteiger partial charge on any atom is 0.193 e. The molecular weight excluding hydrogens is 338 g/mol. The van der Waals surface area contributed by atoms with Gasteiger partial charge in [0.15, 0.2) is 5.96 Å². The van der Waals surface area contributed by atoms with Crippen LogP contribution in [0.2, 0.25) is 0 Å². The van der Waals surface area contributed by atoms with Gasteiger partial charge in [0.2, 0.25) is 0 Å². The van der Waals surface area contributed by atoms with Gasteiger partial charge in [-0.2, -0.15) is 0 Å². The second kappa shape index (κ2) is 8.93. The summed E-state index contributed by atoms with van der Waals surface area (Å²) in [5.41, 5.74) is 0. The molecule has 5 rings (SSSR count). The van der Waals surface area contributed by atoms with E-state index in [1.165, 1.54) is 32.7 Å². The van der Waals surface area contributed by atoms with E-state index < -0.39 is 0 Å². The van der Waals surface area contributed by atoms with Crippen molar-refractivity contribution >= 4 is 5.96 Å². The molecule has 0 amide bonds. The summed E-state index contributed by atoms with van der Waals surface area (Å²) in [5, 5.41) is 3.50. The first-order valence-corrected chi connectivity index (χ1v) is 10.5. The van der Waals surface area contributed by atoms with Crippen LogP contribution in [0.25, 0.3) is 0 Å². The quantitative estimate of drug-likeness (QED) is 0.628. The van der Waals surface area contributed by atoms with Crippen LogP contribution < -0.4 is 10.1 Å². The Morgan fingerprint density at radius 3 is 2.44 bits per heavy atom. The van der Waals surface area contributed by atoms with Gasteiger partial charge in [0, 0.05) is 71.2 Å². The molecule has 0 spiro atoms. The van der Waals surface area contributed by atoms with Crippen LogP contribution in [-0.4, -0.2) is 91.7 Å². The van der Waals surface area contributed by atoms with Gasteiger partial charge in [-0.15, -0.1) is 0 Å². The Morgan fingerprint density at radius 2 is 1.81 bits per heavy atom. The Balaban J connectivity index is 1.30. The number of hydrogen-bond acceptors (Lipinski definition) is 4. The number of ether oxygens (including phenoxy) is 1. The summed E-state index contributed by atoms with van der Waals surface area (Å²) in [4.78, 5) is 12.6. The molecule has 4 fully saturated rings. The second-order valence-electron chi connectivity index (χ2n) is 7.80. The fourth-order valence-corrected chi connectivity index (χ4v) is 4.39. The topological polar surface area (TPSA) is 43.3 Å². The van der Waals surface area contributed by atoms with Crippen molar-refractivity contribution in [1.29, 1.82) is 0 Å². The normalized spacial score (nSPS) is 29.0. The minimum Gasteiger partial charge on any atom is -0.490 e. The first kappa shape index (κ1) is 18.6. The van der Waals surface area contributed by atoms with E-state index in [1.807, 2.05) is 30.3 Å². The predicted octanol–water partition coefficient (Wildman–Crippen LogP) is 1.50. The number of nitrogens with one attached hydrogen (secondary N) is 1. The number of nitrogens with zero attached hydrogens (tertiary/aromatic N) is 4. The lowest BCUT2D eigenvalue weighted by Crippen LogP contribution is -2.62. The maximum atomic E-state index is 6.13. The molecule has 1 aromatic rings. The molecule has 4 aliphatic rings. The highest BCUT2D eigenvalue weighted by molar-refractivity contribution is 5.80. The number of benzene rings is 1. The highest BCUT2D eigenvalue weighted by atomic mass is 16.5. The van der Waals surface area contributed by atoms with Gasteiger partial charge in [-0.05, 0) is 19.1 Å². The summed E-state index contributed by atoms with van der Waals surface area (Å²) in [7, 11) is 0. The van der Waals surface area contributed by atoms with Crippen LogP contribution in [0.1, 0.15) is 19.8 Å². The predicted molar refractivity (Wildman–Crippen MR) is 109 cm³/mol. The molecule has 4 heterocycles. The van der Waals surface area contributed by atoms with Crippen molar-refractivity contribution in [3.8, 4) is 5.75 Å². The van der Waals surface area contributed by atoms with E-state index in [0.717, 1.165) is 50.7 Å². The monoisotopic (exact) mass is 371 g/mol. The number of para-hydroxylation sites is 1. The van der Waals surface area contributed by atoms with Gasteiger partial charge in [-0.25, -0.2) is 0 Å². The number of aliphatic imine (C=N–C) groups is 1. The number of piperidine rings is 1. The number of rotatable bonds is 5. The smallest absolute Gasteiger partial charge is 0.193 e. The first-order chi connectivity index (χ1) is 13.3. The maximum absolute atomic E-state index is 6.13. The fraction of sp³-hybridized carbons (Fsp3) is 0.667. The van der Waals surface area contributed by atoms with Crippen LogP contribution in [0.5, 0.6) is 5.75 Å². The second-order valence-corrected chi connectivity index (χ2v) is 7.80. The molecule has 0 radical (unpaired) electrons. The lowest BCUT2D eigenvalue weighted by molar-refractivity contribution is 0.0173. The van der Waals surface area contributed by atoms with Crippen molar-refractivity contribution in [2.45, 2.75) is 31.9 Å². The largest absolute Gasteiger partial charge is 0.490 e. The van der Waals surface area contributed by atoms with Crippen molar-refractivity contribution in [2.24, 2.45) is 4.99 Å². The van der Waals surface area contributed by atoms with Crippen molar-refractivity contribution in [1.82, 2.24) is 20.0 Å². The van der Waals surface area contributed by atoms with Gasteiger partial charge in [0.25, 0.3) is 0 Å². The van der Waals surface area contributed by atoms with Gasteiger partial charge in [-0.3, -0.25) is 14.8 Å². The molecule has 1 aromatic carbocycles. The molecule has 0 aromatic heterocycles. The summed E-state index contributed by atoms with van der Waals surface area (Å²) >= 11 is 0. The highest BCUT2D eigenvalue weighted by Gasteiger charge is 2.31. The zero-order chi connectivity index (χ0) is 18.5. The average Bonchev–Trinajstić information content (AvgIpc) is 2.73. The molecule has 1 N–H and O–H groups in total. The Morgan fingerprint density at radius 1 is 1.07 bits per heavy atom. The molecule has 0 saturated carbocycles. The van der Waals surface area contributed by atoms with Crippen LogP contribution in [0.3, 0.4) is 0 Å². The Hall–Kier alpha value is -1.79. The van der Waals surface area contributed by atoms with Gasteiger partial charge in [-0.1, -0.05) is 18.2 Å². The SMILES string of the molecule is CCNC(=NCC1CN2CCN1CC2)N1CCC(Oc2ccccc2)CC1. The lowest BCUT2D eigenvalue weighted by Gasteiger charge is -2.47. The van der Waals surface area contributed by atoms with Crippen LogP contribution >= 0.6 is 0 Å². The van der Waals surface area contributed by atoms with Gasteiger partial charge in [0.1, 0.15) is 11.9 Å². The molecule has 27 heavy (non-hydrogen) atoms. The molecule has 0 aliphatic carbocycles. The summed E-state index contributed by atoms with van der Waals surface area (Å²) in [6.07, 6.45) is 2.39. The van der Waals surface area contributed by atoms with Crippen molar-refractivity contribution < 1.29 is 4.74 Å². The third kappa shape index (κ3) is 4.74. The number of piperazine rings is 3. The molecule has 6 nitrogen and oxygen atoms in total. The summed E-state index contributed by atoms with van der Waals surface area (Å²) in [6, 6.07) is 10.8. The third-order valence-corrected chi connectivity index (χ3v) is 5.97. The number of fused-ring (bicyclic) bond motifs is 3. The molecule has 2 bridgehead atoms. The number of guanidine groups is 1. The van der Waals surface area contributed by atoms with Crippen molar-refractivity contribution in [3.05, 3.63) is 30.3 Å². The van der Waals surface area contributed by atoms with E-state index in [1.54, 1.807) is 0 Å². The standard InChI is InChI=1S/C21H33N5O/c1-2-22-21(23-16-18-17-24-12-14-25(18)15-13-24)26-10-8-20(9-11-26)27-19-6-4-3-5-7-19/h3-7,18,20H,2,8-17H2,1H3,(H,22,23). The van der Waals surface area contributed by atoms with Crippen LogP contribution in [0.15, 0.2) is 35.3 Å². The van der Waals surface area contributed by atoms with Gasteiger partial charge in [0.05, 0.1) is 6.54 Å². The molecule has 1 atom stereocenters. The summed E-state index contributed by atoms with van der Waals surface area (Å²) in [5.74, 6) is 2.06. The molecule has 4 aliphatic heterocycles. The zero-order valence-corrected chi connectivity index (χ0v) is 16.5. The zero-order valence-electron chi connectivity index (χ0n) is 16.5. The first-order valence-electron chi connectivity index (χ1n) is 10.5. The Labute approximate surface area is 163 Å². The summed E-state index contributed by atoms with van der Waals surface area (Å²) in [6.45, 7) is 12.0. The van der Waals surface area contributed by atoms with Gasteiger partial charge >= 0.3 is 0 Å². The highest BCUT2D eigenvalue weighted by Crippen LogP contribution is 2.19. The number of hydrogen-bond donors (Lipinski definition) is 1. The summed E-state index contributed by atoms with van der Waals surface area (Å²) < 4.78 is 6.13. The van der Waals surface area contributed by atoms with Crippen LogP contribution in [0, 0.1) is 0 Å².